The first-order valence-corrected chi connectivity index (χ1v) is 12.6. The Bertz CT molecular complexity index is 1440. The summed E-state index contributed by atoms with van der Waals surface area (Å²) in [5.74, 6) is -0.303. The number of ether oxygens (including phenoxy) is 1. The van der Waals surface area contributed by atoms with Crippen molar-refractivity contribution < 1.29 is 22.5 Å². The molecule has 11 heteroatoms. The number of nitrogens with zero attached hydrogens (tertiary/aromatic N) is 4. The van der Waals surface area contributed by atoms with Crippen LogP contribution < -0.4 is 10.1 Å². The number of hydrogen-bond donors (Lipinski definition) is 1. The Hall–Kier alpha value is -4.09. The lowest BCUT2D eigenvalue weighted by Gasteiger charge is -2.20. The van der Waals surface area contributed by atoms with Crippen LogP contribution in [0.3, 0.4) is 0 Å². The minimum absolute atomic E-state index is 0.0297. The van der Waals surface area contributed by atoms with E-state index in [4.69, 9.17) is 9.26 Å². The van der Waals surface area contributed by atoms with E-state index in [1.165, 1.54) is 20.2 Å². The van der Waals surface area contributed by atoms with E-state index in [0.717, 1.165) is 4.31 Å². The van der Waals surface area contributed by atoms with Crippen molar-refractivity contribution in [2.45, 2.75) is 17.9 Å². The molecule has 0 aliphatic carbocycles. The fourth-order valence-electron chi connectivity index (χ4n) is 3.53. The SMILES string of the molecule is CCOc1ccc(NC(C(=O)c2onnc2-c2ccccc2)c2ccccn2)cc1S(=O)(=O)N(C)C. The molecule has 1 N–H and O–H groups in total. The van der Waals surface area contributed by atoms with Crippen LogP contribution >= 0.6 is 0 Å². The fraction of sp³-hybridized carbons (Fsp3) is 0.200. The van der Waals surface area contributed by atoms with Gasteiger partial charge in [-0.15, -0.1) is 5.10 Å². The summed E-state index contributed by atoms with van der Waals surface area (Å²) >= 11 is 0. The van der Waals surface area contributed by atoms with Crippen LogP contribution in [-0.2, 0) is 10.0 Å². The zero-order chi connectivity index (χ0) is 25.7. The highest BCUT2D eigenvalue weighted by atomic mass is 32.2. The van der Waals surface area contributed by atoms with Crippen molar-refractivity contribution in [1.82, 2.24) is 19.7 Å². The predicted molar refractivity (Wildman–Crippen MR) is 133 cm³/mol. The summed E-state index contributed by atoms with van der Waals surface area (Å²) in [4.78, 5) is 18.0. The van der Waals surface area contributed by atoms with Gasteiger partial charge in [-0.05, 0) is 37.3 Å². The molecule has 2 aromatic heterocycles. The number of pyridine rings is 1. The van der Waals surface area contributed by atoms with Crippen molar-refractivity contribution in [3.63, 3.8) is 0 Å². The lowest BCUT2D eigenvalue weighted by molar-refractivity contribution is 0.0932. The molecule has 0 bridgehead atoms. The Balaban J connectivity index is 1.77. The summed E-state index contributed by atoms with van der Waals surface area (Å²) in [7, 11) is -0.954. The lowest BCUT2D eigenvalue weighted by Crippen LogP contribution is -2.24. The second-order valence-corrected chi connectivity index (χ2v) is 10.0. The average molecular weight is 508 g/mol. The monoisotopic (exact) mass is 507 g/mol. The summed E-state index contributed by atoms with van der Waals surface area (Å²) in [5, 5.41) is 10.7. The van der Waals surface area contributed by atoms with Gasteiger partial charge in [-0.2, -0.15) is 0 Å². The van der Waals surface area contributed by atoms with E-state index in [1.807, 2.05) is 18.2 Å². The van der Waals surface area contributed by atoms with E-state index < -0.39 is 21.8 Å². The number of sulfonamides is 1. The van der Waals surface area contributed by atoms with Gasteiger partial charge in [-0.3, -0.25) is 9.78 Å². The zero-order valence-electron chi connectivity index (χ0n) is 20.0. The van der Waals surface area contributed by atoms with Crippen molar-refractivity contribution in [3.8, 4) is 17.0 Å². The third-order valence-corrected chi connectivity index (χ3v) is 7.15. The second-order valence-electron chi connectivity index (χ2n) is 7.89. The van der Waals surface area contributed by atoms with Crippen molar-refractivity contribution in [3.05, 3.63) is 84.4 Å². The molecule has 0 fully saturated rings. The number of carbonyl (C=O) groups excluding carboxylic acids is 1. The highest BCUT2D eigenvalue weighted by Gasteiger charge is 2.31. The van der Waals surface area contributed by atoms with E-state index in [2.05, 4.69) is 20.7 Å². The normalized spacial score (nSPS) is 12.3. The maximum absolute atomic E-state index is 13.7. The number of ketones is 1. The van der Waals surface area contributed by atoms with Crippen LogP contribution in [0.1, 0.15) is 29.2 Å². The van der Waals surface area contributed by atoms with Gasteiger partial charge in [0, 0.05) is 36.8 Å². The van der Waals surface area contributed by atoms with Crippen molar-refractivity contribution in [1.29, 1.82) is 0 Å². The topological polar surface area (TPSA) is 128 Å². The summed E-state index contributed by atoms with van der Waals surface area (Å²) in [6.07, 6.45) is 1.56. The number of Topliss-reactive ketones (excluding diaryl/α,β-unsaturated/α-hetero) is 1. The number of carbonyl (C=O) groups is 1. The van der Waals surface area contributed by atoms with E-state index >= 15 is 0 Å². The van der Waals surface area contributed by atoms with Gasteiger partial charge in [0.25, 0.3) is 0 Å². The predicted octanol–water partition coefficient (Wildman–Crippen LogP) is 3.82. The molecule has 4 aromatic rings. The molecule has 1 atom stereocenters. The van der Waals surface area contributed by atoms with Crippen LogP contribution in [-0.4, -0.2) is 54.6 Å². The van der Waals surface area contributed by atoms with Crippen LogP contribution in [0.2, 0.25) is 0 Å². The third-order valence-electron chi connectivity index (χ3n) is 5.32. The van der Waals surface area contributed by atoms with Gasteiger partial charge in [0.15, 0.2) is 0 Å². The molecule has 186 valence electrons. The van der Waals surface area contributed by atoms with Crippen LogP contribution in [0.15, 0.2) is 82.3 Å². The summed E-state index contributed by atoms with van der Waals surface area (Å²) < 4.78 is 37.9. The van der Waals surface area contributed by atoms with Gasteiger partial charge in [-0.1, -0.05) is 36.4 Å². The molecule has 0 aliphatic rings. The van der Waals surface area contributed by atoms with Crippen LogP contribution in [0.4, 0.5) is 5.69 Å². The molecular weight excluding hydrogens is 482 g/mol. The smallest absolute Gasteiger partial charge is 0.246 e. The Morgan fingerprint density at radius 2 is 1.83 bits per heavy atom. The fourth-order valence-corrected chi connectivity index (χ4v) is 4.58. The number of nitrogens with one attached hydrogen (secondary N) is 1. The Morgan fingerprint density at radius 1 is 1.08 bits per heavy atom. The van der Waals surface area contributed by atoms with Crippen LogP contribution in [0.5, 0.6) is 5.75 Å². The van der Waals surface area contributed by atoms with Gasteiger partial charge >= 0.3 is 0 Å². The molecule has 0 saturated heterocycles. The molecule has 0 amide bonds. The van der Waals surface area contributed by atoms with Gasteiger partial charge in [-0.25, -0.2) is 12.7 Å². The summed E-state index contributed by atoms with van der Waals surface area (Å²) in [6, 6.07) is 17.9. The van der Waals surface area contributed by atoms with E-state index in [-0.39, 0.29) is 16.4 Å². The zero-order valence-corrected chi connectivity index (χ0v) is 20.8. The third kappa shape index (κ3) is 5.11. The largest absolute Gasteiger partial charge is 0.492 e. The highest BCUT2D eigenvalue weighted by molar-refractivity contribution is 7.89. The first kappa shape index (κ1) is 25.0. The number of aromatic nitrogens is 3. The summed E-state index contributed by atoms with van der Waals surface area (Å²) in [6.45, 7) is 2.06. The molecule has 0 saturated carbocycles. The molecule has 10 nitrogen and oxygen atoms in total. The maximum atomic E-state index is 13.7. The van der Waals surface area contributed by atoms with Crippen molar-refractivity contribution in [2.24, 2.45) is 0 Å². The molecule has 0 spiro atoms. The van der Waals surface area contributed by atoms with E-state index in [0.29, 0.717) is 29.2 Å². The van der Waals surface area contributed by atoms with Crippen molar-refractivity contribution in [2.75, 3.05) is 26.0 Å². The Labute approximate surface area is 209 Å². The number of rotatable bonds is 10. The van der Waals surface area contributed by atoms with Gasteiger partial charge < -0.3 is 14.6 Å². The molecule has 0 aliphatic heterocycles. The lowest BCUT2D eigenvalue weighted by atomic mass is 10.0. The van der Waals surface area contributed by atoms with Crippen LogP contribution in [0, 0.1) is 0 Å². The summed E-state index contributed by atoms with van der Waals surface area (Å²) in [5.41, 5.74) is 1.74. The molecule has 2 aromatic carbocycles. The first-order chi connectivity index (χ1) is 17.3. The van der Waals surface area contributed by atoms with E-state index in [1.54, 1.807) is 55.6 Å². The van der Waals surface area contributed by atoms with Gasteiger partial charge in [0.05, 0.1) is 12.3 Å². The number of benzene rings is 2. The van der Waals surface area contributed by atoms with Crippen molar-refractivity contribution >= 4 is 21.5 Å². The molecule has 36 heavy (non-hydrogen) atoms. The number of hydrogen-bond acceptors (Lipinski definition) is 9. The Kier molecular flexibility index (Phi) is 7.41. The quantitative estimate of drug-likeness (QED) is 0.319. The molecule has 0 radical (unpaired) electrons. The second kappa shape index (κ2) is 10.7. The Morgan fingerprint density at radius 3 is 2.50 bits per heavy atom. The molecule has 2 heterocycles. The standard InChI is InChI=1S/C25H25N5O5S/c1-4-34-20-14-13-18(16-21(20)36(32,33)30(2)3)27-23(19-12-8-9-15-26-19)24(31)25-22(28-29-35-25)17-10-6-5-7-11-17/h5-16,23,27H,4H2,1-3H3. The average Bonchev–Trinajstić information content (AvgIpc) is 3.39. The minimum atomic E-state index is -3.83. The molecule has 1 unspecified atom stereocenters. The highest BCUT2D eigenvalue weighted by Crippen LogP contribution is 2.32. The molecule has 4 rings (SSSR count). The first-order valence-electron chi connectivity index (χ1n) is 11.1. The minimum Gasteiger partial charge on any atom is -0.492 e. The molecular formula is C25H25N5O5S. The van der Waals surface area contributed by atoms with Gasteiger partial charge in [0.1, 0.15) is 22.4 Å². The maximum Gasteiger partial charge on any atom is 0.246 e. The van der Waals surface area contributed by atoms with Crippen LogP contribution in [0.25, 0.3) is 11.3 Å². The van der Waals surface area contributed by atoms with E-state index in [9.17, 15) is 13.2 Å². The number of anilines is 1. The van der Waals surface area contributed by atoms with Gasteiger partial charge in [0.2, 0.25) is 21.6 Å².